The minimum atomic E-state index is -0.151. The Morgan fingerprint density at radius 2 is 2.00 bits per heavy atom. The van der Waals surface area contributed by atoms with Crippen LogP contribution < -0.4 is 10.1 Å². The molecule has 1 N–H and O–H groups in total. The number of hydrogen-bond donors (Lipinski definition) is 1. The first kappa shape index (κ1) is 20.2. The molecule has 0 spiro atoms. The molecule has 0 atom stereocenters. The quantitative estimate of drug-likeness (QED) is 0.506. The van der Waals surface area contributed by atoms with E-state index in [4.69, 9.17) is 20.8 Å². The summed E-state index contributed by atoms with van der Waals surface area (Å²) in [6.45, 7) is 4.66. The number of nitrogens with zero attached hydrogens (tertiary/aromatic N) is 2. The van der Waals surface area contributed by atoms with E-state index in [2.05, 4.69) is 22.4 Å². The van der Waals surface area contributed by atoms with Gasteiger partial charge in [-0.2, -0.15) is 0 Å². The maximum atomic E-state index is 12.2. The number of hydrogen-bond acceptors (Lipinski definition) is 6. The van der Waals surface area contributed by atoms with E-state index in [0.717, 1.165) is 29.0 Å². The molecule has 146 valence electrons. The molecular weight excluding hydrogens is 398 g/mol. The van der Waals surface area contributed by atoms with Crippen LogP contribution in [0.15, 0.2) is 52.1 Å². The molecule has 1 aromatic heterocycles. The van der Waals surface area contributed by atoms with Crippen LogP contribution in [0, 0.1) is 6.92 Å². The highest BCUT2D eigenvalue weighted by Gasteiger charge is 2.12. The number of carbonyl (C=O) groups excluding carboxylic acids is 1. The molecule has 1 amide bonds. The van der Waals surface area contributed by atoms with Crippen LogP contribution in [0.1, 0.15) is 18.9 Å². The summed E-state index contributed by atoms with van der Waals surface area (Å²) >= 11 is 7.06. The number of benzene rings is 2. The van der Waals surface area contributed by atoms with Crippen LogP contribution in [0.3, 0.4) is 0 Å². The van der Waals surface area contributed by atoms with Gasteiger partial charge in [-0.05, 0) is 61.4 Å². The first-order chi connectivity index (χ1) is 13.5. The number of aromatic nitrogens is 2. The Labute approximate surface area is 172 Å². The van der Waals surface area contributed by atoms with E-state index in [1.54, 1.807) is 24.3 Å². The third kappa shape index (κ3) is 5.50. The van der Waals surface area contributed by atoms with Crippen molar-refractivity contribution in [1.29, 1.82) is 0 Å². The fourth-order valence-electron chi connectivity index (χ4n) is 2.38. The molecule has 1 heterocycles. The van der Waals surface area contributed by atoms with Crippen molar-refractivity contribution >= 4 is 35.0 Å². The Kier molecular flexibility index (Phi) is 6.95. The lowest BCUT2D eigenvalue weighted by Gasteiger charge is -2.10. The van der Waals surface area contributed by atoms with E-state index in [0.29, 0.717) is 22.7 Å². The number of carbonyl (C=O) groups is 1. The van der Waals surface area contributed by atoms with Gasteiger partial charge in [0.15, 0.2) is 0 Å². The number of rotatable bonds is 8. The first-order valence-corrected chi connectivity index (χ1v) is 10.2. The number of nitrogens with one attached hydrogen (secondary N) is 1. The van der Waals surface area contributed by atoms with E-state index in [9.17, 15) is 4.79 Å². The largest absolute Gasteiger partial charge is 0.494 e. The van der Waals surface area contributed by atoms with E-state index in [1.807, 2.05) is 25.1 Å². The van der Waals surface area contributed by atoms with Gasteiger partial charge >= 0.3 is 0 Å². The minimum Gasteiger partial charge on any atom is -0.494 e. The van der Waals surface area contributed by atoms with Gasteiger partial charge in [-0.1, -0.05) is 30.3 Å². The zero-order valence-electron chi connectivity index (χ0n) is 15.6. The van der Waals surface area contributed by atoms with Crippen molar-refractivity contribution in [3.63, 3.8) is 0 Å². The van der Waals surface area contributed by atoms with Crippen LogP contribution in [0.2, 0.25) is 5.02 Å². The van der Waals surface area contributed by atoms with E-state index in [-0.39, 0.29) is 11.7 Å². The van der Waals surface area contributed by atoms with Crippen LogP contribution in [0.5, 0.6) is 5.75 Å². The summed E-state index contributed by atoms with van der Waals surface area (Å²) in [7, 11) is 0. The predicted octanol–water partition coefficient (Wildman–Crippen LogP) is 5.22. The number of halogens is 1. The summed E-state index contributed by atoms with van der Waals surface area (Å²) in [4.78, 5) is 12.2. The van der Waals surface area contributed by atoms with Crippen LogP contribution in [-0.4, -0.2) is 28.5 Å². The zero-order chi connectivity index (χ0) is 19.9. The van der Waals surface area contributed by atoms with Gasteiger partial charge in [0.25, 0.3) is 5.22 Å². The SMILES string of the molecule is CCCOc1ccc(NC(=O)CSc2nnc(-c3ccc(Cl)cc3)o2)c(C)c1. The monoisotopic (exact) mass is 417 g/mol. The van der Waals surface area contributed by atoms with Gasteiger partial charge in [-0.15, -0.1) is 10.2 Å². The number of thioether (sulfide) groups is 1. The topological polar surface area (TPSA) is 77.2 Å². The molecule has 0 radical (unpaired) electrons. The second kappa shape index (κ2) is 9.61. The van der Waals surface area contributed by atoms with E-state index >= 15 is 0 Å². The minimum absolute atomic E-state index is 0.151. The lowest BCUT2D eigenvalue weighted by Crippen LogP contribution is -2.14. The summed E-state index contributed by atoms with van der Waals surface area (Å²) in [6.07, 6.45) is 0.949. The van der Waals surface area contributed by atoms with Gasteiger partial charge in [-0.25, -0.2) is 0 Å². The predicted molar refractivity (Wildman–Crippen MR) is 111 cm³/mol. The van der Waals surface area contributed by atoms with Crippen LogP contribution >= 0.6 is 23.4 Å². The van der Waals surface area contributed by atoms with Crippen molar-refractivity contribution in [3.8, 4) is 17.2 Å². The fourth-order valence-corrected chi connectivity index (χ4v) is 3.07. The molecule has 0 aliphatic heterocycles. The Morgan fingerprint density at radius 3 is 2.71 bits per heavy atom. The average Bonchev–Trinajstić information content (AvgIpc) is 3.16. The number of amides is 1. The van der Waals surface area contributed by atoms with Crippen LogP contribution in [0.25, 0.3) is 11.5 Å². The zero-order valence-corrected chi connectivity index (χ0v) is 17.1. The van der Waals surface area contributed by atoms with Crippen LogP contribution in [-0.2, 0) is 4.79 Å². The maximum Gasteiger partial charge on any atom is 0.277 e. The molecule has 0 saturated heterocycles. The third-order valence-corrected chi connectivity index (χ3v) is 4.84. The molecule has 6 nitrogen and oxygen atoms in total. The summed E-state index contributed by atoms with van der Waals surface area (Å²) in [5, 5.41) is 11.8. The van der Waals surface area contributed by atoms with Gasteiger partial charge in [0.2, 0.25) is 11.8 Å². The number of aryl methyl sites for hydroxylation is 1. The molecule has 0 aliphatic carbocycles. The normalized spacial score (nSPS) is 10.7. The molecule has 0 aliphatic rings. The summed E-state index contributed by atoms with van der Waals surface area (Å²) in [5.74, 6) is 1.20. The van der Waals surface area contributed by atoms with Gasteiger partial charge in [0.1, 0.15) is 5.75 Å². The highest BCUT2D eigenvalue weighted by Crippen LogP contribution is 2.25. The Bertz CT molecular complexity index is 944. The Morgan fingerprint density at radius 1 is 1.21 bits per heavy atom. The molecular formula is C20H20ClN3O3S. The highest BCUT2D eigenvalue weighted by atomic mass is 35.5. The van der Waals surface area contributed by atoms with Gasteiger partial charge in [0.05, 0.1) is 12.4 Å². The maximum absolute atomic E-state index is 12.2. The Hall–Kier alpha value is -2.51. The van der Waals surface area contributed by atoms with Crippen molar-refractivity contribution < 1.29 is 13.9 Å². The van der Waals surface area contributed by atoms with Crippen molar-refractivity contribution in [2.75, 3.05) is 17.7 Å². The second-order valence-electron chi connectivity index (χ2n) is 6.04. The summed E-state index contributed by atoms with van der Waals surface area (Å²) < 4.78 is 11.2. The molecule has 3 rings (SSSR count). The molecule has 28 heavy (non-hydrogen) atoms. The van der Waals surface area contributed by atoms with Gasteiger partial charge in [-0.3, -0.25) is 4.79 Å². The standard InChI is InChI=1S/C20H20ClN3O3S/c1-3-10-26-16-8-9-17(13(2)11-16)22-18(25)12-28-20-24-23-19(27-20)14-4-6-15(21)7-5-14/h4-9,11H,3,10,12H2,1-2H3,(H,22,25). The summed E-state index contributed by atoms with van der Waals surface area (Å²) in [6, 6.07) is 12.7. The van der Waals surface area contributed by atoms with E-state index < -0.39 is 0 Å². The smallest absolute Gasteiger partial charge is 0.277 e. The number of ether oxygens (including phenoxy) is 1. The lowest BCUT2D eigenvalue weighted by atomic mass is 10.2. The fraction of sp³-hybridized carbons (Fsp3) is 0.250. The summed E-state index contributed by atoms with van der Waals surface area (Å²) in [5.41, 5.74) is 2.46. The molecule has 0 unspecified atom stereocenters. The molecule has 2 aromatic carbocycles. The molecule has 0 bridgehead atoms. The Balaban J connectivity index is 1.54. The molecule has 0 fully saturated rings. The molecule has 3 aromatic rings. The molecule has 8 heteroatoms. The molecule has 0 saturated carbocycles. The van der Waals surface area contributed by atoms with Gasteiger partial charge < -0.3 is 14.5 Å². The second-order valence-corrected chi connectivity index (χ2v) is 7.41. The van der Waals surface area contributed by atoms with Crippen molar-refractivity contribution in [2.24, 2.45) is 0 Å². The van der Waals surface area contributed by atoms with Crippen LogP contribution in [0.4, 0.5) is 5.69 Å². The van der Waals surface area contributed by atoms with Crippen molar-refractivity contribution in [1.82, 2.24) is 10.2 Å². The van der Waals surface area contributed by atoms with Crippen molar-refractivity contribution in [3.05, 3.63) is 53.1 Å². The first-order valence-electron chi connectivity index (χ1n) is 8.80. The lowest BCUT2D eigenvalue weighted by molar-refractivity contribution is -0.113. The van der Waals surface area contributed by atoms with Gasteiger partial charge in [0, 0.05) is 16.3 Å². The van der Waals surface area contributed by atoms with E-state index in [1.165, 1.54) is 11.8 Å². The van der Waals surface area contributed by atoms with Crippen molar-refractivity contribution in [2.45, 2.75) is 25.5 Å². The number of anilines is 1. The third-order valence-electron chi connectivity index (χ3n) is 3.77. The average molecular weight is 418 g/mol. The highest BCUT2D eigenvalue weighted by molar-refractivity contribution is 7.99.